The third kappa shape index (κ3) is 6.46. The average molecular weight is 587 g/mol. The minimum absolute atomic E-state index is 0.695. The molecule has 0 atom stereocenters. The van der Waals surface area contributed by atoms with Crippen molar-refractivity contribution in [2.45, 2.75) is 34.1 Å². The Hall–Kier alpha value is -5.34. The van der Waals surface area contributed by atoms with E-state index < -0.39 is 0 Å². The second-order valence-corrected chi connectivity index (χ2v) is 10.9. The van der Waals surface area contributed by atoms with Gasteiger partial charge < -0.3 is 11.5 Å². The van der Waals surface area contributed by atoms with Crippen LogP contribution in [0.5, 0.6) is 0 Å². The molecule has 2 nitrogen and oxygen atoms in total. The van der Waals surface area contributed by atoms with Gasteiger partial charge in [-0.1, -0.05) is 136 Å². The number of benzene rings is 6. The van der Waals surface area contributed by atoms with Crippen LogP contribution in [0, 0.1) is 0 Å². The molecular weight excluding hydrogens is 544 g/mol. The number of fused-ring (bicyclic) bond motifs is 3. The predicted octanol–water partition coefficient (Wildman–Crippen LogP) is 11.6. The lowest BCUT2D eigenvalue weighted by Gasteiger charge is -2.18. The summed E-state index contributed by atoms with van der Waals surface area (Å²) < 4.78 is 0. The highest BCUT2D eigenvalue weighted by atomic mass is 14.6. The number of hydrogen-bond acceptors (Lipinski definition) is 2. The predicted molar refractivity (Wildman–Crippen MR) is 199 cm³/mol. The molecule has 0 fully saturated rings. The van der Waals surface area contributed by atoms with E-state index in [9.17, 15) is 0 Å². The molecule has 0 aliphatic rings. The molecule has 6 aromatic rings. The second kappa shape index (κ2) is 14.4. The third-order valence-corrected chi connectivity index (χ3v) is 8.12. The van der Waals surface area contributed by atoms with Crippen LogP contribution in [0.15, 0.2) is 157 Å². The SMILES string of the molecule is CC.CC/C=C(\C=C/N)C(/N)=C/C=C(\C)c1cccc(-c2c3ccccc3c(-c3ccc4ccccc4c3)c3ccccc23)c1. The molecule has 0 aliphatic carbocycles. The number of allylic oxidation sites excluding steroid dienone is 5. The van der Waals surface area contributed by atoms with Crippen LogP contribution in [0.3, 0.4) is 0 Å². The van der Waals surface area contributed by atoms with E-state index in [1.54, 1.807) is 0 Å². The molecule has 0 aliphatic heterocycles. The van der Waals surface area contributed by atoms with Crippen LogP contribution in [0.4, 0.5) is 0 Å². The monoisotopic (exact) mass is 586 g/mol. The van der Waals surface area contributed by atoms with Gasteiger partial charge in [0.1, 0.15) is 0 Å². The van der Waals surface area contributed by atoms with Gasteiger partial charge in [-0.05, 0) is 115 Å². The topological polar surface area (TPSA) is 52.0 Å². The zero-order valence-electron chi connectivity index (χ0n) is 26.7. The molecule has 224 valence electrons. The molecule has 2 heteroatoms. The van der Waals surface area contributed by atoms with Crippen LogP contribution < -0.4 is 11.5 Å². The van der Waals surface area contributed by atoms with Crippen LogP contribution in [0.25, 0.3) is 60.1 Å². The largest absolute Gasteiger partial charge is 0.405 e. The van der Waals surface area contributed by atoms with Crippen molar-refractivity contribution in [1.82, 2.24) is 0 Å². The Morgan fingerprint density at radius 1 is 0.622 bits per heavy atom. The maximum absolute atomic E-state index is 6.40. The van der Waals surface area contributed by atoms with Gasteiger partial charge in [-0.15, -0.1) is 0 Å². The van der Waals surface area contributed by atoms with Crippen LogP contribution in [0.2, 0.25) is 0 Å². The fraction of sp³-hybridized carbons (Fsp3) is 0.116. The van der Waals surface area contributed by atoms with Crippen molar-refractivity contribution in [2.24, 2.45) is 11.5 Å². The van der Waals surface area contributed by atoms with Crippen LogP contribution in [-0.2, 0) is 0 Å². The van der Waals surface area contributed by atoms with Gasteiger partial charge in [-0.25, -0.2) is 0 Å². The Balaban J connectivity index is 0.00000196. The summed E-state index contributed by atoms with van der Waals surface area (Å²) in [5.41, 5.74) is 20.9. The molecule has 0 unspecified atom stereocenters. The normalized spacial score (nSPS) is 12.6. The smallest absolute Gasteiger partial charge is 0.0385 e. The summed E-state index contributed by atoms with van der Waals surface area (Å²) in [4.78, 5) is 0. The Bertz CT molecular complexity index is 2030. The maximum Gasteiger partial charge on any atom is 0.0385 e. The molecule has 0 bridgehead atoms. The fourth-order valence-electron chi connectivity index (χ4n) is 6.03. The maximum atomic E-state index is 6.40. The standard InChI is InChI=1S/C41H36N2.C2H6/c1-3-11-30(24-25-42)39(43)23-20-28(2)31-14-10-15-33(26-31)40-35-16-6-8-18-37(35)41(38-19-9-7-17-36(38)40)34-22-21-29-12-4-5-13-32(29)27-34;1-2/h4-27H,3,42-43H2,1-2H3;1-2H3/b25-24-,28-20+,30-11+,39-23-;. The molecule has 6 rings (SSSR count). The minimum atomic E-state index is 0.695. The molecule has 0 aromatic heterocycles. The molecule has 0 amide bonds. The summed E-state index contributed by atoms with van der Waals surface area (Å²) in [5, 5.41) is 7.50. The van der Waals surface area contributed by atoms with Crippen molar-refractivity contribution < 1.29 is 0 Å². The second-order valence-electron chi connectivity index (χ2n) is 10.9. The van der Waals surface area contributed by atoms with Gasteiger partial charge in [0.25, 0.3) is 0 Å². The van der Waals surface area contributed by atoms with Crippen molar-refractivity contribution >= 4 is 37.9 Å². The quantitative estimate of drug-likeness (QED) is 0.144. The Kier molecular flexibility index (Phi) is 9.97. The van der Waals surface area contributed by atoms with Gasteiger partial charge in [0.2, 0.25) is 0 Å². The van der Waals surface area contributed by atoms with E-state index >= 15 is 0 Å². The zero-order valence-corrected chi connectivity index (χ0v) is 26.7. The summed E-state index contributed by atoms with van der Waals surface area (Å²) in [6, 6.07) is 41.8. The Morgan fingerprint density at radius 3 is 1.76 bits per heavy atom. The Labute approximate surface area is 267 Å². The fourth-order valence-corrected chi connectivity index (χ4v) is 6.03. The summed E-state index contributed by atoms with van der Waals surface area (Å²) in [5.74, 6) is 0. The summed E-state index contributed by atoms with van der Waals surface area (Å²) >= 11 is 0. The average Bonchev–Trinajstić information content (AvgIpc) is 3.10. The van der Waals surface area contributed by atoms with Gasteiger partial charge in [0.05, 0.1) is 0 Å². The van der Waals surface area contributed by atoms with Crippen molar-refractivity contribution in [1.29, 1.82) is 0 Å². The summed E-state index contributed by atoms with van der Waals surface area (Å²) in [7, 11) is 0. The van der Waals surface area contributed by atoms with Gasteiger partial charge in [0, 0.05) is 5.70 Å². The highest BCUT2D eigenvalue weighted by molar-refractivity contribution is 6.21. The van der Waals surface area contributed by atoms with E-state index in [1.165, 1.54) is 60.8 Å². The number of rotatable bonds is 7. The third-order valence-electron chi connectivity index (χ3n) is 8.12. The molecular formula is C43H42N2. The van der Waals surface area contributed by atoms with E-state index in [1.807, 2.05) is 26.0 Å². The van der Waals surface area contributed by atoms with Crippen LogP contribution in [-0.4, -0.2) is 0 Å². The van der Waals surface area contributed by atoms with Crippen molar-refractivity contribution in [3.8, 4) is 22.3 Å². The highest BCUT2D eigenvalue weighted by Crippen LogP contribution is 2.44. The van der Waals surface area contributed by atoms with Crippen molar-refractivity contribution in [2.75, 3.05) is 0 Å². The first-order chi connectivity index (χ1) is 22.1. The number of hydrogen-bond donors (Lipinski definition) is 2. The first kappa shape index (κ1) is 31.1. The van der Waals surface area contributed by atoms with E-state index in [2.05, 4.69) is 141 Å². The molecule has 0 radical (unpaired) electrons. The summed E-state index contributed by atoms with van der Waals surface area (Å²) in [6.45, 7) is 8.22. The molecule has 4 N–H and O–H groups in total. The highest BCUT2D eigenvalue weighted by Gasteiger charge is 2.17. The van der Waals surface area contributed by atoms with E-state index in [-0.39, 0.29) is 0 Å². The summed E-state index contributed by atoms with van der Waals surface area (Å²) in [6.07, 6.45) is 10.4. The first-order valence-corrected chi connectivity index (χ1v) is 15.9. The molecule has 0 saturated carbocycles. The zero-order chi connectivity index (χ0) is 31.8. The van der Waals surface area contributed by atoms with Crippen molar-refractivity contribution in [3.05, 3.63) is 163 Å². The van der Waals surface area contributed by atoms with Gasteiger partial charge in [0.15, 0.2) is 0 Å². The minimum Gasteiger partial charge on any atom is -0.405 e. The van der Waals surface area contributed by atoms with Gasteiger partial charge in [-0.2, -0.15) is 0 Å². The lowest BCUT2D eigenvalue weighted by Crippen LogP contribution is -2.00. The van der Waals surface area contributed by atoms with Gasteiger partial charge >= 0.3 is 0 Å². The molecule has 0 saturated heterocycles. The van der Waals surface area contributed by atoms with E-state index in [4.69, 9.17) is 11.5 Å². The van der Waals surface area contributed by atoms with E-state index in [0.717, 1.165) is 23.1 Å². The molecule has 0 heterocycles. The first-order valence-electron chi connectivity index (χ1n) is 15.9. The lowest BCUT2D eigenvalue weighted by atomic mass is 9.85. The number of nitrogens with two attached hydrogens (primary N) is 2. The van der Waals surface area contributed by atoms with Crippen LogP contribution in [0.1, 0.15) is 39.7 Å². The Morgan fingerprint density at radius 2 is 1.18 bits per heavy atom. The van der Waals surface area contributed by atoms with Gasteiger partial charge in [-0.3, -0.25) is 0 Å². The van der Waals surface area contributed by atoms with Crippen molar-refractivity contribution in [3.63, 3.8) is 0 Å². The van der Waals surface area contributed by atoms with E-state index in [0.29, 0.717) is 5.70 Å². The molecule has 0 spiro atoms. The molecule has 6 aromatic carbocycles. The molecule has 45 heavy (non-hydrogen) atoms. The lowest BCUT2D eigenvalue weighted by molar-refractivity contribution is 1.19. The van der Waals surface area contributed by atoms with Crippen LogP contribution >= 0.6 is 0 Å².